The van der Waals surface area contributed by atoms with Gasteiger partial charge in [0.15, 0.2) is 6.29 Å². The fraction of sp³-hybridized carbons (Fsp3) is 0.591. The number of carbonyl (C=O) groups excluding carboxylic acids is 1. The molecule has 0 aliphatic carbocycles. The largest absolute Gasteiger partial charge is 0.452 e. The highest BCUT2D eigenvalue weighted by molar-refractivity contribution is 5.93. The summed E-state index contributed by atoms with van der Waals surface area (Å²) in [5, 5.41) is 4.86. The molecule has 2 atom stereocenters. The van der Waals surface area contributed by atoms with Gasteiger partial charge in [-0.25, -0.2) is 9.36 Å². The fourth-order valence-electron chi connectivity index (χ4n) is 4.70. The molecule has 0 unspecified atom stereocenters. The Morgan fingerprint density at radius 2 is 2.04 bits per heavy atom. The minimum absolute atomic E-state index is 0.144. The van der Waals surface area contributed by atoms with Gasteiger partial charge in [0.25, 0.3) is 0 Å². The molecule has 2 aromatic rings. The van der Waals surface area contributed by atoms with Crippen molar-refractivity contribution in [3.05, 3.63) is 35.5 Å². The van der Waals surface area contributed by atoms with Crippen molar-refractivity contribution >= 4 is 17.0 Å². The van der Waals surface area contributed by atoms with E-state index in [1.807, 2.05) is 18.2 Å². The molecule has 6 heteroatoms. The molecule has 0 radical (unpaired) electrons. The van der Waals surface area contributed by atoms with Gasteiger partial charge in [0.05, 0.1) is 25.8 Å². The van der Waals surface area contributed by atoms with Crippen LogP contribution in [0.3, 0.4) is 0 Å². The van der Waals surface area contributed by atoms with Crippen LogP contribution < -0.4 is 5.32 Å². The summed E-state index contributed by atoms with van der Waals surface area (Å²) in [7, 11) is 1.44. The molecule has 0 saturated carbocycles. The summed E-state index contributed by atoms with van der Waals surface area (Å²) in [6.07, 6.45) is 4.27. The van der Waals surface area contributed by atoms with Crippen molar-refractivity contribution in [2.75, 3.05) is 26.9 Å². The van der Waals surface area contributed by atoms with Crippen LogP contribution in [0.15, 0.2) is 24.3 Å². The highest BCUT2D eigenvalue weighted by Crippen LogP contribution is 2.32. The Labute approximate surface area is 166 Å². The van der Waals surface area contributed by atoms with Gasteiger partial charge in [0.1, 0.15) is 0 Å². The quantitative estimate of drug-likeness (QED) is 0.856. The number of carbonyl (C=O) groups is 1. The van der Waals surface area contributed by atoms with Crippen LogP contribution in [0.5, 0.6) is 0 Å². The predicted octanol–water partition coefficient (Wildman–Crippen LogP) is 3.49. The molecule has 1 saturated heterocycles. The Morgan fingerprint density at radius 1 is 1.25 bits per heavy atom. The van der Waals surface area contributed by atoms with Crippen molar-refractivity contribution in [3.63, 3.8) is 0 Å². The molecule has 6 nitrogen and oxygen atoms in total. The van der Waals surface area contributed by atoms with Crippen LogP contribution in [-0.2, 0) is 27.1 Å². The van der Waals surface area contributed by atoms with E-state index in [9.17, 15) is 4.79 Å². The smallest absolute Gasteiger partial charge is 0.418 e. The third-order valence-electron chi connectivity index (χ3n) is 6.12. The van der Waals surface area contributed by atoms with Crippen LogP contribution in [0, 0.1) is 5.92 Å². The number of ether oxygens (including phenoxy) is 3. The van der Waals surface area contributed by atoms with Gasteiger partial charge in [0.2, 0.25) is 0 Å². The van der Waals surface area contributed by atoms with Crippen LogP contribution in [0.25, 0.3) is 10.9 Å². The van der Waals surface area contributed by atoms with Crippen LogP contribution >= 0.6 is 0 Å². The molecular formula is C22H30N2O4. The van der Waals surface area contributed by atoms with Crippen molar-refractivity contribution in [3.8, 4) is 0 Å². The van der Waals surface area contributed by atoms with Gasteiger partial charge in [-0.1, -0.05) is 25.1 Å². The average Bonchev–Trinajstić information content (AvgIpc) is 3.36. The topological polar surface area (TPSA) is 61.7 Å². The van der Waals surface area contributed by atoms with E-state index in [0.29, 0.717) is 25.2 Å². The molecule has 0 amide bonds. The first kappa shape index (κ1) is 19.4. The highest BCUT2D eigenvalue weighted by atomic mass is 16.7. The van der Waals surface area contributed by atoms with Crippen molar-refractivity contribution in [2.24, 2.45) is 5.92 Å². The summed E-state index contributed by atoms with van der Waals surface area (Å²) >= 11 is 0. The number of hydrogen-bond donors (Lipinski definition) is 1. The number of hydrogen-bond acceptors (Lipinski definition) is 5. The number of benzene rings is 1. The molecule has 4 rings (SSSR count). The van der Waals surface area contributed by atoms with E-state index in [-0.39, 0.29) is 12.4 Å². The van der Waals surface area contributed by atoms with E-state index in [0.717, 1.165) is 55.2 Å². The summed E-state index contributed by atoms with van der Waals surface area (Å²) < 4.78 is 18.6. The summed E-state index contributed by atoms with van der Waals surface area (Å²) in [5.74, 6) is 0.301. The van der Waals surface area contributed by atoms with Crippen LogP contribution in [0.1, 0.15) is 37.4 Å². The molecule has 1 fully saturated rings. The minimum Gasteiger partial charge on any atom is -0.452 e. The van der Waals surface area contributed by atoms with Crippen molar-refractivity contribution in [2.45, 2.75) is 51.4 Å². The zero-order chi connectivity index (χ0) is 19.5. The summed E-state index contributed by atoms with van der Waals surface area (Å²) in [5.41, 5.74) is 3.24. The molecule has 2 aliphatic rings. The SMILES string of the molecule is CC[C@H]1C[C@@H](C2OCCO2)CCc2c(c3ccccc3n2C(=O)OC)CCN1. The lowest BCUT2D eigenvalue weighted by Crippen LogP contribution is -2.36. The summed E-state index contributed by atoms with van der Waals surface area (Å²) in [4.78, 5) is 12.6. The zero-order valence-corrected chi connectivity index (χ0v) is 16.8. The number of nitrogens with zero attached hydrogens (tertiary/aromatic N) is 1. The Bertz CT molecular complexity index is 825. The van der Waals surface area contributed by atoms with Crippen LogP contribution in [0.2, 0.25) is 0 Å². The number of aromatic nitrogens is 1. The molecule has 28 heavy (non-hydrogen) atoms. The average molecular weight is 386 g/mol. The van der Waals surface area contributed by atoms with E-state index < -0.39 is 0 Å². The van der Waals surface area contributed by atoms with Gasteiger partial charge in [-0.3, -0.25) is 0 Å². The number of rotatable bonds is 2. The Balaban J connectivity index is 1.74. The number of fused-ring (bicyclic) bond motifs is 3. The molecule has 1 N–H and O–H groups in total. The van der Waals surface area contributed by atoms with E-state index in [1.165, 1.54) is 12.7 Å². The highest BCUT2D eigenvalue weighted by Gasteiger charge is 2.31. The molecule has 1 aromatic carbocycles. The van der Waals surface area contributed by atoms with Crippen molar-refractivity contribution in [1.29, 1.82) is 0 Å². The summed E-state index contributed by atoms with van der Waals surface area (Å²) in [6.45, 7) is 4.45. The van der Waals surface area contributed by atoms with Gasteiger partial charge in [-0.05, 0) is 50.3 Å². The van der Waals surface area contributed by atoms with E-state index in [2.05, 4.69) is 18.3 Å². The first-order valence-electron chi connectivity index (χ1n) is 10.4. The summed E-state index contributed by atoms with van der Waals surface area (Å²) in [6, 6.07) is 8.57. The fourth-order valence-corrected chi connectivity index (χ4v) is 4.70. The molecule has 152 valence electrons. The molecule has 3 heterocycles. The normalized spacial score (nSPS) is 24.2. The van der Waals surface area contributed by atoms with Crippen molar-refractivity contribution in [1.82, 2.24) is 9.88 Å². The van der Waals surface area contributed by atoms with Crippen molar-refractivity contribution < 1.29 is 19.0 Å². The standard InChI is InChI=1S/C22H30N2O4/c1-3-16-14-15(21-27-12-13-28-21)8-9-20-18(10-11-23-16)17-6-4-5-7-19(17)24(20)22(25)26-2/h4-7,15-16,21,23H,3,8-14H2,1-2H3/t15-,16-/m0/s1. The zero-order valence-electron chi connectivity index (χ0n) is 16.8. The first-order valence-corrected chi connectivity index (χ1v) is 10.4. The van der Waals surface area contributed by atoms with Crippen LogP contribution in [0.4, 0.5) is 4.79 Å². The Morgan fingerprint density at radius 3 is 2.79 bits per heavy atom. The minimum atomic E-state index is -0.321. The Kier molecular flexibility index (Phi) is 5.99. The van der Waals surface area contributed by atoms with Gasteiger partial charge in [-0.15, -0.1) is 0 Å². The lowest BCUT2D eigenvalue weighted by atomic mass is 9.90. The third-order valence-corrected chi connectivity index (χ3v) is 6.12. The maximum Gasteiger partial charge on any atom is 0.418 e. The molecule has 0 bridgehead atoms. The second-order valence-electron chi connectivity index (χ2n) is 7.70. The Hall–Kier alpha value is -1.89. The monoisotopic (exact) mass is 386 g/mol. The van der Waals surface area contributed by atoms with E-state index in [4.69, 9.17) is 14.2 Å². The molecule has 1 aromatic heterocycles. The van der Waals surface area contributed by atoms with Crippen LogP contribution in [-0.4, -0.2) is 49.9 Å². The second-order valence-corrected chi connectivity index (χ2v) is 7.70. The van der Waals surface area contributed by atoms with Gasteiger partial charge in [-0.2, -0.15) is 0 Å². The molecule has 2 aliphatic heterocycles. The van der Waals surface area contributed by atoms with E-state index >= 15 is 0 Å². The predicted molar refractivity (Wildman–Crippen MR) is 108 cm³/mol. The number of para-hydroxylation sites is 1. The second kappa shape index (κ2) is 8.64. The van der Waals surface area contributed by atoms with E-state index in [1.54, 1.807) is 4.57 Å². The number of nitrogens with one attached hydrogen (secondary N) is 1. The lowest BCUT2D eigenvalue weighted by Gasteiger charge is -2.28. The maximum atomic E-state index is 12.6. The lowest BCUT2D eigenvalue weighted by molar-refractivity contribution is -0.0898. The third kappa shape index (κ3) is 3.69. The molecular weight excluding hydrogens is 356 g/mol. The molecule has 0 spiro atoms. The van der Waals surface area contributed by atoms with Gasteiger partial charge < -0.3 is 19.5 Å². The van der Waals surface area contributed by atoms with Gasteiger partial charge >= 0.3 is 6.09 Å². The van der Waals surface area contributed by atoms with Gasteiger partial charge in [0, 0.05) is 23.0 Å². The number of methoxy groups -OCH3 is 1. The first-order chi connectivity index (χ1) is 13.7. The maximum absolute atomic E-state index is 12.6.